The highest BCUT2D eigenvalue weighted by molar-refractivity contribution is 5.99. The van der Waals surface area contributed by atoms with Gasteiger partial charge >= 0.3 is 5.97 Å². The van der Waals surface area contributed by atoms with Crippen molar-refractivity contribution >= 4 is 11.8 Å². The van der Waals surface area contributed by atoms with E-state index in [0.29, 0.717) is 22.9 Å². The maximum absolute atomic E-state index is 12.4. The number of nitriles is 1. The molecule has 26 heavy (non-hydrogen) atoms. The van der Waals surface area contributed by atoms with Gasteiger partial charge in [-0.25, -0.2) is 4.79 Å². The first kappa shape index (κ1) is 17.7. The zero-order valence-corrected chi connectivity index (χ0v) is 14.8. The Hall–Kier alpha value is -3.07. The summed E-state index contributed by atoms with van der Waals surface area (Å²) < 4.78 is 12.5. The van der Waals surface area contributed by atoms with Crippen LogP contribution in [0.15, 0.2) is 30.3 Å². The highest BCUT2D eigenvalue weighted by Crippen LogP contribution is 2.38. The van der Waals surface area contributed by atoms with Gasteiger partial charge in [-0.2, -0.15) is 5.26 Å². The van der Waals surface area contributed by atoms with Crippen molar-refractivity contribution in [2.45, 2.75) is 32.7 Å². The lowest BCUT2D eigenvalue weighted by Crippen LogP contribution is -2.20. The van der Waals surface area contributed by atoms with Crippen LogP contribution >= 0.6 is 0 Å². The summed E-state index contributed by atoms with van der Waals surface area (Å²) in [6.07, 6.45) is 2.28. The van der Waals surface area contributed by atoms with Crippen molar-refractivity contribution in [3.05, 3.63) is 52.8 Å². The molecule has 1 fully saturated rings. The van der Waals surface area contributed by atoms with Crippen molar-refractivity contribution in [2.24, 2.45) is 0 Å². The normalized spacial score (nSPS) is 13.1. The molecule has 0 saturated heterocycles. The van der Waals surface area contributed by atoms with Gasteiger partial charge in [0.05, 0.1) is 5.56 Å². The molecule has 0 spiro atoms. The second-order valence-corrected chi connectivity index (χ2v) is 6.37. The highest BCUT2D eigenvalue weighted by atomic mass is 16.6. The van der Waals surface area contributed by atoms with E-state index in [2.05, 4.69) is 4.57 Å². The molecule has 0 radical (unpaired) electrons. The molecule has 6 heteroatoms. The molecule has 134 valence electrons. The Morgan fingerprint density at radius 3 is 2.65 bits per heavy atom. The number of Topliss-reactive ketones (excluding diaryl/α,β-unsaturated/α-hetero) is 1. The lowest BCUT2D eigenvalue weighted by Gasteiger charge is -2.09. The Balaban J connectivity index is 1.54. The molecular formula is C20H20N2O4. The molecule has 2 aromatic rings. The van der Waals surface area contributed by atoms with E-state index in [1.165, 1.54) is 0 Å². The summed E-state index contributed by atoms with van der Waals surface area (Å²) in [5.41, 5.74) is 2.91. The van der Waals surface area contributed by atoms with Crippen LogP contribution in [-0.2, 0) is 9.53 Å². The number of carbonyl (C=O) groups is 2. The van der Waals surface area contributed by atoms with Gasteiger partial charge in [0, 0.05) is 23.0 Å². The van der Waals surface area contributed by atoms with Crippen molar-refractivity contribution in [1.29, 1.82) is 5.26 Å². The number of benzene rings is 1. The fraction of sp³-hybridized carbons (Fsp3) is 0.350. The Morgan fingerprint density at radius 1 is 1.23 bits per heavy atom. The first-order valence-electron chi connectivity index (χ1n) is 8.50. The fourth-order valence-electron chi connectivity index (χ4n) is 3.04. The molecule has 6 nitrogen and oxygen atoms in total. The molecule has 1 aromatic carbocycles. The van der Waals surface area contributed by atoms with E-state index in [4.69, 9.17) is 14.7 Å². The standard InChI is InChI=1S/C20H20N2O4/c1-13-9-17(14(2)22(13)16-7-8-16)18(23)11-26-20(24)12-25-19-6-4-3-5-15(19)10-21/h3-6,9,16H,7-8,11-12H2,1-2H3. The monoisotopic (exact) mass is 352 g/mol. The third-order valence-corrected chi connectivity index (χ3v) is 4.41. The first-order chi connectivity index (χ1) is 12.5. The maximum Gasteiger partial charge on any atom is 0.344 e. The largest absolute Gasteiger partial charge is 0.481 e. The molecule has 0 N–H and O–H groups in total. The summed E-state index contributed by atoms with van der Waals surface area (Å²) in [7, 11) is 0. The lowest BCUT2D eigenvalue weighted by atomic mass is 10.1. The van der Waals surface area contributed by atoms with E-state index < -0.39 is 5.97 Å². The van der Waals surface area contributed by atoms with Crippen molar-refractivity contribution in [3.63, 3.8) is 0 Å². The summed E-state index contributed by atoms with van der Waals surface area (Å²) in [5.74, 6) is -0.566. The summed E-state index contributed by atoms with van der Waals surface area (Å²) in [6, 6.07) is 10.9. The number of nitrogens with zero attached hydrogens (tertiary/aromatic N) is 2. The minimum absolute atomic E-state index is 0.226. The van der Waals surface area contributed by atoms with Crippen molar-refractivity contribution in [3.8, 4) is 11.8 Å². The van der Waals surface area contributed by atoms with E-state index in [1.807, 2.05) is 26.0 Å². The third-order valence-electron chi connectivity index (χ3n) is 4.41. The summed E-state index contributed by atoms with van der Waals surface area (Å²) in [6.45, 7) is 3.22. The van der Waals surface area contributed by atoms with Crippen LogP contribution in [0.2, 0.25) is 0 Å². The van der Waals surface area contributed by atoms with E-state index >= 15 is 0 Å². The van der Waals surface area contributed by atoms with Crippen LogP contribution in [0.4, 0.5) is 0 Å². The molecule has 0 atom stereocenters. The maximum atomic E-state index is 12.4. The number of ketones is 1. The van der Waals surface area contributed by atoms with Crippen LogP contribution in [0.5, 0.6) is 5.75 Å². The Labute approximate surface area is 151 Å². The molecule has 0 unspecified atom stereocenters. The number of esters is 1. The predicted octanol–water partition coefficient (Wildman–Crippen LogP) is 3.12. The van der Waals surface area contributed by atoms with Crippen molar-refractivity contribution < 1.29 is 19.1 Å². The number of carbonyl (C=O) groups excluding carboxylic acids is 2. The Bertz CT molecular complexity index is 888. The van der Waals surface area contributed by atoms with Crippen LogP contribution in [-0.4, -0.2) is 29.5 Å². The van der Waals surface area contributed by atoms with Gasteiger partial charge in [-0.1, -0.05) is 12.1 Å². The average molecular weight is 352 g/mol. The fourth-order valence-corrected chi connectivity index (χ4v) is 3.04. The van der Waals surface area contributed by atoms with Crippen LogP contribution < -0.4 is 4.74 Å². The molecule has 1 aromatic heterocycles. The number of aromatic nitrogens is 1. The number of aryl methyl sites for hydroxylation is 1. The molecule has 0 aliphatic heterocycles. The number of rotatable bonds is 7. The van der Waals surface area contributed by atoms with Gasteiger partial charge in [-0.3, -0.25) is 4.79 Å². The first-order valence-corrected chi connectivity index (χ1v) is 8.50. The lowest BCUT2D eigenvalue weighted by molar-refractivity contribution is -0.144. The van der Waals surface area contributed by atoms with Crippen LogP contribution in [0, 0.1) is 25.2 Å². The van der Waals surface area contributed by atoms with Gasteiger partial charge in [-0.15, -0.1) is 0 Å². The smallest absolute Gasteiger partial charge is 0.344 e. The summed E-state index contributed by atoms with van der Waals surface area (Å²) >= 11 is 0. The molecule has 0 amide bonds. The molecule has 1 heterocycles. The van der Waals surface area contributed by atoms with Crippen molar-refractivity contribution in [1.82, 2.24) is 4.57 Å². The summed E-state index contributed by atoms with van der Waals surface area (Å²) in [4.78, 5) is 24.2. The van der Waals surface area contributed by atoms with Gasteiger partial charge in [-0.05, 0) is 44.9 Å². The van der Waals surface area contributed by atoms with Crippen LogP contribution in [0.25, 0.3) is 0 Å². The molecule has 1 aliphatic rings. The number of hydrogen-bond acceptors (Lipinski definition) is 5. The second-order valence-electron chi connectivity index (χ2n) is 6.37. The molecule has 0 bridgehead atoms. The van der Waals surface area contributed by atoms with Gasteiger partial charge in [0.15, 0.2) is 13.2 Å². The van der Waals surface area contributed by atoms with E-state index in [-0.39, 0.29) is 19.0 Å². The zero-order chi connectivity index (χ0) is 18.7. The number of ether oxygens (including phenoxy) is 2. The number of para-hydroxylation sites is 1. The quantitative estimate of drug-likeness (QED) is 0.565. The third kappa shape index (κ3) is 3.77. The van der Waals surface area contributed by atoms with Gasteiger partial charge in [0.25, 0.3) is 0 Å². The predicted molar refractivity (Wildman–Crippen MR) is 94.1 cm³/mol. The molecule has 1 aliphatic carbocycles. The SMILES string of the molecule is Cc1cc(C(=O)COC(=O)COc2ccccc2C#N)c(C)n1C1CC1. The Kier molecular flexibility index (Phi) is 5.08. The summed E-state index contributed by atoms with van der Waals surface area (Å²) in [5, 5.41) is 8.99. The molecule has 3 rings (SSSR count). The van der Waals surface area contributed by atoms with Crippen molar-refractivity contribution in [2.75, 3.05) is 13.2 Å². The van der Waals surface area contributed by atoms with E-state index in [0.717, 1.165) is 24.2 Å². The van der Waals surface area contributed by atoms with Gasteiger partial charge in [0.2, 0.25) is 5.78 Å². The average Bonchev–Trinajstić information content (AvgIpc) is 3.42. The van der Waals surface area contributed by atoms with E-state index in [9.17, 15) is 9.59 Å². The second kappa shape index (κ2) is 7.44. The number of hydrogen-bond donors (Lipinski definition) is 0. The topological polar surface area (TPSA) is 81.3 Å². The Morgan fingerprint density at radius 2 is 1.96 bits per heavy atom. The molecule has 1 saturated carbocycles. The minimum Gasteiger partial charge on any atom is -0.481 e. The zero-order valence-electron chi connectivity index (χ0n) is 14.8. The minimum atomic E-state index is -0.651. The van der Waals surface area contributed by atoms with Crippen LogP contribution in [0.3, 0.4) is 0 Å². The van der Waals surface area contributed by atoms with Gasteiger partial charge in [0.1, 0.15) is 11.8 Å². The van der Waals surface area contributed by atoms with E-state index in [1.54, 1.807) is 24.3 Å². The highest BCUT2D eigenvalue weighted by Gasteiger charge is 2.28. The molecular weight excluding hydrogens is 332 g/mol. The van der Waals surface area contributed by atoms with Gasteiger partial charge < -0.3 is 14.0 Å². The van der Waals surface area contributed by atoms with Crippen LogP contribution in [0.1, 0.15) is 46.2 Å².